The predicted octanol–water partition coefficient (Wildman–Crippen LogP) is 4.21. The summed E-state index contributed by atoms with van der Waals surface area (Å²) in [5.74, 6) is -0.982. The lowest BCUT2D eigenvalue weighted by molar-refractivity contribution is 0.0541. The van der Waals surface area contributed by atoms with Crippen LogP contribution in [0.15, 0.2) is 18.2 Å². The first-order valence-electron chi connectivity index (χ1n) is 6.52. The predicted molar refractivity (Wildman–Crippen MR) is 67.1 cm³/mol. The average Bonchev–Trinajstić information content (AvgIpc) is 2.31. The minimum Gasteiger partial charge on any atom is -0.388 e. The lowest BCUT2D eigenvalue weighted by Crippen LogP contribution is -2.25. The van der Waals surface area contributed by atoms with E-state index in [1.54, 1.807) is 0 Å². The first-order valence-corrected chi connectivity index (χ1v) is 6.52. The second kappa shape index (κ2) is 4.96. The van der Waals surface area contributed by atoms with Crippen LogP contribution in [-0.2, 0) is 0 Å². The van der Waals surface area contributed by atoms with Crippen molar-refractivity contribution in [2.45, 2.75) is 45.6 Å². The maximum absolute atomic E-state index is 13.6. The Kier molecular flexibility index (Phi) is 3.71. The average molecular weight is 254 g/mol. The summed E-state index contributed by atoms with van der Waals surface area (Å²) in [6.45, 7) is 4.41. The van der Waals surface area contributed by atoms with E-state index in [0.29, 0.717) is 5.41 Å². The zero-order valence-corrected chi connectivity index (χ0v) is 10.9. The van der Waals surface area contributed by atoms with Gasteiger partial charge in [-0.25, -0.2) is 8.78 Å². The SMILES string of the molecule is CC1(C)CCC(C(O)c2cc(F)ccc2F)CC1. The number of rotatable bonds is 2. The van der Waals surface area contributed by atoms with Gasteiger partial charge in [0, 0.05) is 5.56 Å². The second-order valence-electron chi connectivity index (χ2n) is 6.11. The van der Waals surface area contributed by atoms with Gasteiger partial charge in [-0.05, 0) is 55.2 Å². The van der Waals surface area contributed by atoms with Gasteiger partial charge < -0.3 is 5.11 Å². The molecule has 0 spiro atoms. The summed E-state index contributed by atoms with van der Waals surface area (Å²) in [6, 6.07) is 3.27. The summed E-state index contributed by atoms with van der Waals surface area (Å²) in [5, 5.41) is 10.2. The topological polar surface area (TPSA) is 20.2 Å². The molecule has 2 rings (SSSR count). The summed E-state index contributed by atoms with van der Waals surface area (Å²) < 4.78 is 26.7. The molecule has 1 saturated carbocycles. The Morgan fingerprint density at radius 3 is 2.44 bits per heavy atom. The van der Waals surface area contributed by atoms with E-state index >= 15 is 0 Å². The normalized spacial score (nSPS) is 21.8. The molecule has 3 heteroatoms. The van der Waals surface area contributed by atoms with E-state index in [1.807, 2.05) is 0 Å². The molecule has 1 unspecified atom stereocenters. The maximum atomic E-state index is 13.6. The van der Waals surface area contributed by atoms with Crippen molar-refractivity contribution in [3.05, 3.63) is 35.4 Å². The van der Waals surface area contributed by atoms with Crippen molar-refractivity contribution in [3.63, 3.8) is 0 Å². The number of hydrogen-bond acceptors (Lipinski definition) is 1. The van der Waals surface area contributed by atoms with Crippen LogP contribution in [0, 0.1) is 23.0 Å². The van der Waals surface area contributed by atoms with E-state index in [9.17, 15) is 13.9 Å². The number of aliphatic hydroxyl groups is 1. The standard InChI is InChI=1S/C15H20F2O/c1-15(2)7-5-10(6-8-15)14(18)12-9-11(16)3-4-13(12)17/h3-4,9-10,14,18H,5-8H2,1-2H3. The third-order valence-corrected chi connectivity index (χ3v) is 4.11. The molecule has 0 amide bonds. The smallest absolute Gasteiger partial charge is 0.129 e. The van der Waals surface area contributed by atoms with Gasteiger partial charge in [0.15, 0.2) is 0 Å². The highest BCUT2D eigenvalue weighted by Crippen LogP contribution is 2.43. The minimum absolute atomic E-state index is 0.0364. The zero-order valence-electron chi connectivity index (χ0n) is 10.9. The molecule has 1 aromatic carbocycles. The van der Waals surface area contributed by atoms with Crippen LogP contribution in [0.4, 0.5) is 8.78 Å². The number of benzene rings is 1. The van der Waals surface area contributed by atoms with Gasteiger partial charge in [-0.15, -0.1) is 0 Å². The van der Waals surface area contributed by atoms with Crippen molar-refractivity contribution in [2.75, 3.05) is 0 Å². The lowest BCUT2D eigenvalue weighted by Gasteiger charge is -2.36. The summed E-state index contributed by atoms with van der Waals surface area (Å²) in [5.41, 5.74) is 0.399. The largest absolute Gasteiger partial charge is 0.388 e. The van der Waals surface area contributed by atoms with Gasteiger partial charge in [-0.3, -0.25) is 0 Å². The molecule has 18 heavy (non-hydrogen) atoms. The van der Waals surface area contributed by atoms with Crippen LogP contribution >= 0.6 is 0 Å². The highest BCUT2D eigenvalue weighted by Gasteiger charge is 2.32. The Morgan fingerprint density at radius 1 is 1.22 bits per heavy atom. The molecule has 1 aliphatic carbocycles. The van der Waals surface area contributed by atoms with E-state index < -0.39 is 17.7 Å². The van der Waals surface area contributed by atoms with Gasteiger partial charge in [-0.1, -0.05) is 13.8 Å². The fourth-order valence-corrected chi connectivity index (χ4v) is 2.73. The van der Waals surface area contributed by atoms with Gasteiger partial charge in [0.1, 0.15) is 11.6 Å². The van der Waals surface area contributed by atoms with Crippen molar-refractivity contribution in [2.24, 2.45) is 11.3 Å². The van der Waals surface area contributed by atoms with E-state index in [1.165, 1.54) is 0 Å². The fraction of sp³-hybridized carbons (Fsp3) is 0.600. The molecule has 0 bridgehead atoms. The molecule has 1 N–H and O–H groups in total. The summed E-state index contributed by atoms with van der Waals surface area (Å²) in [4.78, 5) is 0. The summed E-state index contributed by atoms with van der Waals surface area (Å²) >= 11 is 0. The molecular formula is C15H20F2O. The van der Waals surface area contributed by atoms with E-state index in [0.717, 1.165) is 43.9 Å². The number of aliphatic hydroxyl groups excluding tert-OH is 1. The van der Waals surface area contributed by atoms with Crippen LogP contribution in [0.2, 0.25) is 0 Å². The third kappa shape index (κ3) is 2.89. The first kappa shape index (κ1) is 13.5. The van der Waals surface area contributed by atoms with Gasteiger partial charge in [0.25, 0.3) is 0 Å². The molecule has 1 atom stereocenters. The Hall–Kier alpha value is -0.960. The molecule has 1 nitrogen and oxygen atoms in total. The van der Waals surface area contributed by atoms with Gasteiger partial charge in [-0.2, -0.15) is 0 Å². The van der Waals surface area contributed by atoms with Gasteiger partial charge >= 0.3 is 0 Å². The Bertz CT molecular complexity index is 419. The number of halogens is 2. The monoisotopic (exact) mass is 254 g/mol. The fourth-order valence-electron chi connectivity index (χ4n) is 2.73. The van der Waals surface area contributed by atoms with E-state index in [4.69, 9.17) is 0 Å². The maximum Gasteiger partial charge on any atom is 0.129 e. The van der Waals surface area contributed by atoms with Crippen LogP contribution in [0.3, 0.4) is 0 Å². The van der Waals surface area contributed by atoms with Crippen LogP contribution < -0.4 is 0 Å². The molecule has 0 aliphatic heterocycles. The van der Waals surface area contributed by atoms with Crippen molar-refractivity contribution < 1.29 is 13.9 Å². The van der Waals surface area contributed by atoms with Crippen molar-refractivity contribution in [1.29, 1.82) is 0 Å². The Morgan fingerprint density at radius 2 is 1.83 bits per heavy atom. The zero-order chi connectivity index (χ0) is 13.3. The van der Waals surface area contributed by atoms with Crippen molar-refractivity contribution >= 4 is 0 Å². The van der Waals surface area contributed by atoms with Gasteiger partial charge in [0.05, 0.1) is 6.10 Å². The summed E-state index contributed by atoms with van der Waals surface area (Å²) in [7, 11) is 0. The molecule has 0 aromatic heterocycles. The van der Waals surface area contributed by atoms with Crippen molar-refractivity contribution in [1.82, 2.24) is 0 Å². The van der Waals surface area contributed by atoms with E-state index in [-0.39, 0.29) is 11.5 Å². The Labute approximate surface area is 107 Å². The number of hydrogen-bond donors (Lipinski definition) is 1. The van der Waals surface area contributed by atoms with Gasteiger partial charge in [0.2, 0.25) is 0 Å². The molecule has 1 aromatic rings. The molecular weight excluding hydrogens is 234 g/mol. The van der Waals surface area contributed by atoms with Crippen LogP contribution in [-0.4, -0.2) is 5.11 Å². The first-order chi connectivity index (χ1) is 8.39. The summed E-state index contributed by atoms with van der Waals surface area (Å²) in [6.07, 6.45) is 2.88. The minimum atomic E-state index is -0.892. The molecule has 100 valence electrons. The molecule has 0 saturated heterocycles. The van der Waals surface area contributed by atoms with E-state index in [2.05, 4.69) is 13.8 Å². The van der Waals surface area contributed by atoms with Crippen molar-refractivity contribution in [3.8, 4) is 0 Å². The highest BCUT2D eigenvalue weighted by molar-refractivity contribution is 5.21. The molecule has 0 radical (unpaired) electrons. The van der Waals surface area contributed by atoms with Crippen LogP contribution in [0.5, 0.6) is 0 Å². The molecule has 1 aliphatic rings. The second-order valence-corrected chi connectivity index (χ2v) is 6.11. The van der Waals surface area contributed by atoms with Crippen LogP contribution in [0.25, 0.3) is 0 Å². The quantitative estimate of drug-likeness (QED) is 0.838. The third-order valence-electron chi connectivity index (χ3n) is 4.11. The molecule has 1 fully saturated rings. The molecule has 0 heterocycles. The highest BCUT2D eigenvalue weighted by atomic mass is 19.1. The van der Waals surface area contributed by atoms with Crippen LogP contribution in [0.1, 0.15) is 51.2 Å². The Balaban J connectivity index is 2.12. The lowest BCUT2D eigenvalue weighted by atomic mass is 9.71.